The van der Waals surface area contributed by atoms with Crippen molar-refractivity contribution in [2.24, 2.45) is 0 Å². The number of aromatic nitrogens is 2. The van der Waals surface area contributed by atoms with Gasteiger partial charge in [-0.1, -0.05) is 59.2 Å². The average Bonchev–Trinajstić information content (AvgIpc) is 3.72. The van der Waals surface area contributed by atoms with Gasteiger partial charge < -0.3 is 5.11 Å². The number of aryl methyl sites for hydroxylation is 1. The third kappa shape index (κ3) is 6.99. The average molecular weight is 635 g/mol. The monoisotopic (exact) mass is 633 g/mol. The Balaban J connectivity index is 1.45. The van der Waals surface area contributed by atoms with Gasteiger partial charge in [0.15, 0.2) is 5.69 Å². The van der Waals surface area contributed by atoms with E-state index in [-0.39, 0.29) is 12.0 Å². The molecule has 0 saturated carbocycles. The van der Waals surface area contributed by atoms with Crippen LogP contribution in [-0.4, -0.2) is 63.0 Å². The zero-order chi connectivity index (χ0) is 29.9. The lowest BCUT2D eigenvalue weighted by atomic mass is 10.1. The van der Waals surface area contributed by atoms with Crippen LogP contribution in [0.15, 0.2) is 54.6 Å². The number of aliphatic hydroxyl groups excluding tert-OH is 1. The van der Waals surface area contributed by atoms with Crippen LogP contribution in [0.25, 0.3) is 16.3 Å². The second kappa shape index (κ2) is 13.2. The predicted molar refractivity (Wildman–Crippen MR) is 173 cm³/mol. The van der Waals surface area contributed by atoms with Crippen molar-refractivity contribution in [1.29, 1.82) is 0 Å². The Bertz CT molecular complexity index is 1680. The van der Waals surface area contributed by atoms with E-state index in [0.29, 0.717) is 40.9 Å². The molecule has 4 heterocycles. The number of benzene rings is 2. The van der Waals surface area contributed by atoms with Crippen LogP contribution in [0.5, 0.6) is 0 Å². The van der Waals surface area contributed by atoms with Crippen molar-refractivity contribution in [2.45, 2.75) is 45.3 Å². The topological polar surface area (TPSA) is 73.6 Å². The number of halogens is 2. The van der Waals surface area contributed by atoms with Crippen molar-refractivity contribution >= 4 is 40.4 Å². The molecule has 2 aromatic carbocycles. The third-order valence-electron chi connectivity index (χ3n) is 7.80. The maximum atomic E-state index is 13.9. The van der Waals surface area contributed by atoms with Crippen LogP contribution in [0.3, 0.4) is 0 Å². The molecule has 0 radical (unpaired) electrons. The molecule has 10 heteroatoms. The molecule has 0 unspecified atom stereocenters. The number of hydrazine groups is 1. The maximum absolute atomic E-state index is 13.9. The summed E-state index contributed by atoms with van der Waals surface area (Å²) < 4.78 is 1.76. The molecule has 7 nitrogen and oxygen atoms in total. The van der Waals surface area contributed by atoms with Crippen LogP contribution in [0, 0.1) is 18.8 Å². The van der Waals surface area contributed by atoms with Gasteiger partial charge in [-0.15, -0.1) is 11.3 Å². The van der Waals surface area contributed by atoms with Crippen molar-refractivity contribution in [3.8, 4) is 28.1 Å². The molecule has 2 aliphatic rings. The summed E-state index contributed by atoms with van der Waals surface area (Å²) in [6, 6.07) is 17.4. The van der Waals surface area contributed by atoms with E-state index >= 15 is 0 Å². The largest absolute Gasteiger partial charge is 0.392 e. The van der Waals surface area contributed by atoms with E-state index in [1.54, 1.807) is 28.2 Å². The molecule has 2 aliphatic heterocycles. The van der Waals surface area contributed by atoms with Crippen LogP contribution in [0.4, 0.5) is 0 Å². The standard InChI is InChI=1S/C33H33Cl2N5O2S/c1-22-5-7-23(8-6-22)9-11-26-12-14-30(43-26)32-27(21-38-18-15-25(41)20-38)31(33(42)37-39-16-3-2-4-17-39)36-40(32)29-13-10-24(34)19-28(29)35/h5-8,10,12-14,19,25,41H,2-4,15-18,20-21H2,1H3,(H,37,42)/t25-/m0/s1. The number of amides is 1. The summed E-state index contributed by atoms with van der Waals surface area (Å²) in [6.07, 6.45) is 3.55. The minimum absolute atomic E-state index is 0.252. The van der Waals surface area contributed by atoms with Crippen molar-refractivity contribution < 1.29 is 9.90 Å². The number of piperidine rings is 1. The lowest BCUT2D eigenvalue weighted by Gasteiger charge is -2.26. The van der Waals surface area contributed by atoms with Crippen molar-refractivity contribution in [3.05, 3.63) is 91.9 Å². The van der Waals surface area contributed by atoms with E-state index < -0.39 is 0 Å². The summed E-state index contributed by atoms with van der Waals surface area (Å²) in [6.45, 7) is 5.41. The minimum Gasteiger partial charge on any atom is -0.392 e. The Morgan fingerprint density at radius 1 is 1.05 bits per heavy atom. The molecule has 222 valence electrons. The number of carbonyl (C=O) groups excluding carboxylic acids is 1. The molecular formula is C33H33Cl2N5O2S. The fraction of sp³-hybridized carbons (Fsp3) is 0.333. The molecule has 2 N–H and O–H groups in total. The molecule has 0 spiro atoms. The van der Waals surface area contributed by atoms with E-state index in [0.717, 1.165) is 65.5 Å². The molecule has 2 saturated heterocycles. The lowest BCUT2D eigenvalue weighted by Crippen LogP contribution is -2.45. The first-order valence-electron chi connectivity index (χ1n) is 14.6. The summed E-state index contributed by atoms with van der Waals surface area (Å²) in [7, 11) is 0. The second-order valence-corrected chi connectivity index (χ2v) is 13.1. The van der Waals surface area contributed by atoms with E-state index in [2.05, 4.69) is 41.2 Å². The van der Waals surface area contributed by atoms with Gasteiger partial charge in [-0.2, -0.15) is 5.10 Å². The van der Waals surface area contributed by atoms with Gasteiger partial charge in [-0.3, -0.25) is 15.1 Å². The Morgan fingerprint density at radius 3 is 2.56 bits per heavy atom. The normalized spacial score (nSPS) is 17.5. The number of hydrogen-bond acceptors (Lipinski definition) is 6. The van der Waals surface area contributed by atoms with Gasteiger partial charge in [-0.05, 0) is 68.7 Å². The van der Waals surface area contributed by atoms with Crippen molar-refractivity contribution in [2.75, 3.05) is 26.2 Å². The smallest absolute Gasteiger partial charge is 0.286 e. The molecule has 6 rings (SSSR count). The highest BCUT2D eigenvalue weighted by Crippen LogP contribution is 2.37. The highest BCUT2D eigenvalue weighted by molar-refractivity contribution is 7.16. The molecular weight excluding hydrogens is 601 g/mol. The van der Waals surface area contributed by atoms with E-state index in [1.807, 2.05) is 35.3 Å². The SMILES string of the molecule is Cc1ccc(C#Cc2ccc(-c3c(CN4CC[C@H](O)C4)c(C(=O)NN4CCCCC4)nn3-c3ccc(Cl)cc3Cl)s2)cc1. The van der Waals surface area contributed by atoms with Gasteiger partial charge in [0.05, 0.1) is 32.3 Å². The van der Waals surface area contributed by atoms with Crippen LogP contribution in [-0.2, 0) is 6.54 Å². The first kappa shape index (κ1) is 29.9. The molecule has 2 aromatic heterocycles. The Kier molecular flexibility index (Phi) is 9.20. The third-order valence-corrected chi connectivity index (χ3v) is 9.35. The van der Waals surface area contributed by atoms with E-state index in [1.165, 1.54) is 5.56 Å². The maximum Gasteiger partial charge on any atom is 0.286 e. The van der Waals surface area contributed by atoms with Gasteiger partial charge in [0.1, 0.15) is 0 Å². The van der Waals surface area contributed by atoms with Crippen molar-refractivity contribution in [1.82, 2.24) is 25.1 Å². The highest BCUT2D eigenvalue weighted by atomic mass is 35.5. The molecule has 4 aromatic rings. The number of β-amino-alcohol motifs (C(OH)–C–C–N with tert-alkyl or cyclic N) is 1. The van der Waals surface area contributed by atoms with Gasteiger partial charge in [0, 0.05) is 48.9 Å². The van der Waals surface area contributed by atoms with E-state index in [4.69, 9.17) is 28.3 Å². The van der Waals surface area contributed by atoms with Crippen LogP contribution >= 0.6 is 34.5 Å². The Labute approximate surface area is 266 Å². The highest BCUT2D eigenvalue weighted by Gasteiger charge is 2.31. The minimum atomic E-state index is -0.389. The summed E-state index contributed by atoms with van der Waals surface area (Å²) in [5.74, 6) is 6.30. The number of nitrogens with zero attached hydrogens (tertiary/aromatic N) is 4. The Hall–Kier alpha value is -3.16. The quantitative estimate of drug-likeness (QED) is 0.243. The zero-order valence-electron chi connectivity index (χ0n) is 23.9. The number of thiophene rings is 1. The fourth-order valence-corrected chi connectivity index (χ4v) is 6.95. The summed E-state index contributed by atoms with van der Waals surface area (Å²) in [5.41, 5.74) is 7.78. The lowest BCUT2D eigenvalue weighted by molar-refractivity contribution is 0.0742. The van der Waals surface area contributed by atoms with Crippen molar-refractivity contribution in [3.63, 3.8) is 0 Å². The molecule has 2 fully saturated rings. The van der Waals surface area contributed by atoms with Gasteiger partial charge in [0.25, 0.3) is 5.91 Å². The number of carbonyl (C=O) groups is 1. The van der Waals surface area contributed by atoms with Crippen LogP contribution in [0.2, 0.25) is 10.0 Å². The molecule has 1 atom stereocenters. The van der Waals surface area contributed by atoms with E-state index in [9.17, 15) is 9.90 Å². The molecule has 43 heavy (non-hydrogen) atoms. The fourth-order valence-electron chi connectivity index (χ4n) is 5.55. The molecule has 1 amide bonds. The van der Waals surface area contributed by atoms with Gasteiger partial charge >= 0.3 is 0 Å². The van der Waals surface area contributed by atoms with Crippen LogP contribution in [0.1, 0.15) is 57.7 Å². The van der Waals surface area contributed by atoms with Gasteiger partial charge in [0.2, 0.25) is 0 Å². The predicted octanol–water partition coefficient (Wildman–Crippen LogP) is 6.31. The molecule has 0 bridgehead atoms. The second-order valence-electron chi connectivity index (χ2n) is 11.1. The Morgan fingerprint density at radius 2 is 1.84 bits per heavy atom. The first-order valence-corrected chi connectivity index (χ1v) is 16.1. The number of nitrogens with one attached hydrogen (secondary N) is 1. The summed E-state index contributed by atoms with van der Waals surface area (Å²) in [4.78, 5) is 17.8. The number of likely N-dealkylation sites (tertiary alicyclic amines) is 1. The zero-order valence-corrected chi connectivity index (χ0v) is 26.3. The summed E-state index contributed by atoms with van der Waals surface area (Å²) >= 11 is 14.5. The number of aliphatic hydroxyl groups is 1. The number of hydrogen-bond donors (Lipinski definition) is 2. The molecule has 0 aliphatic carbocycles. The van der Waals surface area contributed by atoms with Gasteiger partial charge in [-0.25, -0.2) is 9.69 Å². The first-order chi connectivity index (χ1) is 20.8. The summed E-state index contributed by atoms with van der Waals surface area (Å²) in [5, 5.41) is 18.1. The van der Waals surface area contributed by atoms with Crippen LogP contribution < -0.4 is 5.43 Å². The number of rotatable bonds is 6.